The van der Waals surface area contributed by atoms with Crippen LogP contribution in [-0.2, 0) is 4.79 Å². The van der Waals surface area contributed by atoms with Crippen molar-refractivity contribution in [3.8, 4) is 0 Å². The molecule has 0 saturated carbocycles. The number of thioether (sulfide) groups is 1. The average Bonchev–Trinajstić information content (AvgIpc) is 2.40. The molecule has 1 aliphatic rings. The normalized spacial score (nSPS) is 18.2. The first-order valence-electron chi connectivity index (χ1n) is 7.38. The molecule has 0 aliphatic carbocycles. The van der Waals surface area contributed by atoms with E-state index in [4.69, 9.17) is 11.6 Å². The number of nitrogens with zero attached hydrogens (tertiary/aromatic N) is 1. The number of carbonyl (C=O) groups is 1. The SMILES string of the molecule is CC(Sc1ccc(Cl)cc1)C(=O)N1CCCCCCC1. The zero-order valence-corrected chi connectivity index (χ0v) is 13.6. The molecule has 1 saturated heterocycles. The Hall–Kier alpha value is -0.670. The monoisotopic (exact) mass is 311 g/mol. The summed E-state index contributed by atoms with van der Waals surface area (Å²) in [5.41, 5.74) is 0. The average molecular weight is 312 g/mol. The van der Waals surface area contributed by atoms with Crippen LogP contribution in [0, 0.1) is 0 Å². The Morgan fingerprint density at radius 2 is 1.65 bits per heavy atom. The maximum absolute atomic E-state index is 12.5. The van der Waals surface area contributed by atoms with Crippen molar-refractivity contribution < 1.29 is 4.79 Å². The van der Waals surface area contributed by atoms with Gasteiger partial charge in [-0.2, -0.15) is 0 Å². The van der Waals surface area contributed by atoms with Crippen molar-refractivity contribution in [2.75, 3.05) is 13.1 Å². The molecule has 1 amide bonds. The molecule has 1 aliphatic heterocycles. The van der Waals surface area contributed by atoms with Crippen LogP contribution in [0.5, 0.6) is 0 Å². The molecule has 0 bridgehead atoms. The molecule has 2 rings (SSSR count). The summed E-state index contributed by atoms with van der Waals surface area (Å²) in [5.74, 6) is 0.270. The van der Waals surface area contributed by atoms with Gasteiger partial charge in [0.05, 0.1) is 5.25 Å². The highest BCUT2D eigenvalue weighted by Crippen LogP contribution is 2.26. The lowest BCUT2D eigenvalue weighted by Crippen LogP contribution is -2.38. The largest absolute Gasteiger partial charge is 0.342 e. The van der Waals surface area contributed by atoms with Gasteiger partial charge in [0.1, 0.15) is 0 Å². The Balaban J connectivity index is 1.91. The van der Waals surface area contributed by atoms with E-state index in [9.17, 15) is 4.79 Å². The molecule has 110 valence electrons. The minimum Gasteiger partial charge on any atom is -0.342 e. The first-order valence-corrected chi connectivity index (χ1v) is 8.63. The van der Waals surface area contributed by atoms with Crippen molar-refractivity contribution in [1.82, 2.24) is 4.90 Å². The quantitative estimate of drug-likeness (QED) is 0.760. The molecule has 1 unspecified atom stereocenters. The first kappa shape index (κ1) is 15.7. The van der Waals surface area contributed by atoms with E-state index in [1.807, 2.05) is 36.1 Å². The topological polar surface area (TPSA) is 20.3 Å². The van der Waals surface area contributed by atoms with Crippen molar-refractivity contribution in [3.05, 3.63) is 29.3 Å². The van der Waals surface area contributed by atoms with Gasteiger partial charge < -0.3 is 4.90 Å². The van der Waals surface area contributed by atoms with Gasteiger partial charge in [0.25, 0.3) is 0 Å². The van der Waals surface area contributed by atoms with E-state index in [1.165, 1.54) is 19.3 Å². The van der Waals surface area contributed by atoms with Crippen molar-refractivity contribution in [2.24, 2.45) is 0 Å². The van der Waals surface area contributed by atoms with Gasteiger partial charge in [-0.3, -0.25) is 4.79 Å². The van der Waals surface area contributed by atoms with E-state index in [-0.39, 0.29) is 11.2 Å². The van der Waals surface area contributed by atoms with Crippen molar-refractivity contribution in [1.29, 1.82) is 0 Å². The van der Waals surface area contributed by atoms with E-state index in [2.05, 4.69) is 0 Å². The van der Waals surface area contributed by atoms with E-state index >= 15 is 0 Å². The number of hydrogen-bond donors (Lipinski definition) is 0. The van der Waals surface area contributed by atoms with Gasteiger partial charge >= 0.3 is 0 Å². The maximum Gasteiger partial charge on any atom is 0.235 e. The van der Waals surface area contributed by atoms with Gasteiger partial charge in [-0.25, -0.2) is 0 Å². The smallest absolute Gasteiger partial charge is 0.235 e. The van der Waals surface area contributed by atoms with E-state index in [1.54, 1.807) is 11.8 Å². The third-order valence-electron chi connectivity index (χ3n) is 3.64. The van der Waals surface area contributed by atoms with Gasteiger partial charge in [0.2, 0.25) is 5.91 Å². The fraction of sp³-hybridized carbons (Fsp3) is 0.562. The van der Waals surface area contributed by atoms with E-state index < -0.39 is 0 Å². The number of carbonyl (C=O) groups excluding carboxylic acids is 1. The predicted molar refractivity (Wildman–Crippen MR) is 86.4 cm³/mol. The molecule has 1 heterocycles. The molecule has 20 heavy (non-hydrogen) atoms. The summed E-state index contributed by atoms with van der Waals surface area (Å²) in [6, 6.07) is 7.70. The van der Waals surface area contributed by atoms with Crippen LogP contribution in [0.2, 0.25) is 5.02 Å². The third-order valence-corrected chi connectivity index (χ3v) is 4.99. The van der Waals surface area contributed by atoms with Gasteiger partial charge in [0, 0.05) is 23.0 Å². The summed E-state index contributed by atoms with van der Waals surface area (Å²) in [5, 5.41) is 0.702. The second-order valence-corrected chi connectivity index (χ2v) is 7.16. The van der Waals surface area contributed by atoms with Crippen molar-refractivity contribution in [3.63, 3.8) is 0 Å². The Kier molecular flexibility index (Phi) is 6.24. The number of amides is 1. The Morgan fingerprint density at radius 3 is 2.25 bits per heavy atom. The molecule has 0 aromatic heterocycles. The summed E-state index contributed by atoms with van der Waals surface area (Å²) < 4.78 is 0. The predicted octanol–water partition coefficient (Wildman–Crippen LogP) is 4.61. The maximum atomic E-state index is 12.5. The van der Waals surface area contributed by atoms with Gasteiger partial charge in [0.15, 0.2) is 0 Å². The van der Waals surface area contributed by atoms with Crippen molar-refractivity contribution in [2.45, 2.75) is 49.2 Å². The van der Waals surface area contributed by atoms with Gasteiger partial charge in [-0.15, -0.1) is 11.8 Å². The Labute approximate surface area is 130 Å². The molecular formula is C16H22ClNOS. The lowest BCUT2D eigenvalue weighted by atomic mass is 10.1. The van der Waals surface area contributed by atoms with Crippen LogP contribution in [-0.4, -0.2) is 29.1 Å². The highest BCUT2D eigenvalue weighted by Gasteiger charge is 2.21. The van der Waals surface area contributed by atoms with E-state index in [0.29, 0.717) is 0 Å². The van der Waals surface area contributed by atoms with Crippen molar-refractivity contribution >= 4 is 29.3 Å². The molecule has 1 aromatic rings. The van der Waals surface area contributed by atoms with Crippen LogP contribution in [0.25, 0.3) is 0 Å². The van der Waals surface area contributed by atoms with Crippen LogP contribution >= 0.6 is 23.4 Å². The van der Waals surface area contributed by atoms with Gasteiger partial charge in [-0.05, 0) is 44.0 Å². The van der Waals surface area contributed by atoms with Crippen LogP contribution in [0.1, 0.15) is 39.0 Å². The standard InChI is InChI=1S/C16H22ClNOS/c1-13(20-15-9-7-14(17)8-10-15)16(19)18-11-5-3-2-4-6-12-18/h7-10,13H,2-6,11-12H2,1H3. The summed E-state index contributed by atoms with van der Waals surface area (Å²) in [7, 11) is 0. The minimum absolute atomic E-state index is 0.0318. The van der Waals surface area contributed by atoms with E-state index in [0.717, 1.165) is 35.8 Å². The second-order valence-electron chi connectivity index (χ2n) is 5.31. The molecule has 1 atom stereocenters. The zero-order chi connectivity index (χ0) is 14.4. The summed E-state index contributed by atoms with van der Waals surface area (Å²) in [4.78, 5) is 15.7. The lowest BCUT2D eigenvalue weighted by molar-refractivity contribution is -0.130. The lowest BCUT2D eigenvalue weighted by Gasteiger charge is -2.27. The first-order chi connectivity index (χ1) is 9.66. The van der Waals surface area contributed by atoms with Crippen LogP contribution in [0.3, 0.4) is 0 Å². The molecule has 0 N–H and O–H groups in total. The molecule has 1 aromatic carbocycles. The van der Waals surface area contributed by atoms with Crippen LogP contribution in [0.15, 0.2) is 29.2 Å². The number of benzene rings is 1. The number of rotatable bonds is 3. The van der Waals surface area contributed by atoms with Crippen LogP contribution in [0.4, 0.5) is 0 Å². The number of hydrogen-bond acceptors (Lipinski definition) is 2. The van der Waals surface area contributed by atoms with Crippen LogP contribution < -0.4 is 0 Å². The molecule has 2 nitrogen and oxygen atoms in total. The fourth-order valence-electron chi connectivity index (χ4n) is 2.49. The fourth-order valence-corrected chi connectivity index (χ4v) is 3.57. The molecule has 0 spiro atoms. The minimum atomic E-state index is -0.0318. The Bertz CT molecular complexity index is 427. The molecule has 4 heteroatoms. The molecule has 1 fully saturated rings. The molecular weight excluding hydrogens is 290 g/mol. The Morgan fingerprint density at radius 1 is 1.10 bits per heavy atom. The number of likely N-dealkylation sites (tertiary alicyclic amines) is 1. The highest BCUT2D eigenvalue weighted by atomic mass is 35.5. The summed E-state index contributed by atoms with van der Waals surface area (Å²) >= 11 is 7.50. The second kappa shape index (κ2) is 7.94. The number of halogens is 1. The summed E-state index contributed by atoms with van der Waals surface area (Å²) in [6.45, 7) is 3.84. The molecule has 0 radical (unpaired) electrons. The van der Waals surface area contributed by atoms with Gasteiger partial charge in [-0.1, -0.05) is 30.9 Å². The highest BCUT2D eigenvalue weighted by molar-refractivity contribution is 8.00. The summed E-state index contributed by atoms with van der Waals surface area (Å²) in [6.07, 6.45) is 6.11. The third kappa shape index (κ3) is 4.71. The zero-order valence-electron chi connectivity index (χ0n) is 12.0.